The molecular weight excluding hydrogens is 374 g/mol. The van der Waals surface area contributed by atoms with Gasteiger partial charge in [0.25, 0.3) is 0 Å². The molecule has 5 rings (SSSR count). The Morgan fingerprint density at radius 3 is 2.68 bits per heavy atom. The van der Waals surface area contributed by atoms with E-state index in [1.54, 1.807) is 5.57 Å². The molecule has 1 aromatic rings. The maximum atomic E-state index is 4.73. The molecule has 0 aromatic carbocycles. The first-order valence-corrected chi connectivity index (χ1v) is 13.5. The van der Waals surface area contributed by atoms with Crippen LogP contribution in [0, 0.1) is 46.3 Å². The summed E-state index contributed by atoms with van der Waals surface area (Å²) in [6.07, 6.45) is 18.7. The second-order valence-corrected chi connectivity index (χ2v) is 12.7. The Balaban J connectivity index is 1.37. The standard InChI is InChI=1S/C30H45N/c1-20(2)8-6-9-21(3)24-13-14-25-22-11-12-26-23-10-7-19-31-28(23)16-18-30(26,5)27(22)15-17-29(24,25)4/h7,10,12,19-22,24-25,27H,6,8-9,11,13-18H2,1-5H3/t21-,22+,24-,25+,27+,29-,30+/m1/s1. The molecule has 31 heavy (non-hydrogen) atoms. The van der Waals surface area contributed by atoms with Gasteiger partial charge in [-0.15, -0.1) is 0 Å². The summed E-state index contributed by atoms with van der Waals surface area (Å²) in [7, 11) is 0. The molecule has 7 atom stereocenters. The summed E-state index contributed by atoms with van der Waals surface area (Å²) in [4.78, 5) is 4.73. The van der Waals surface area contributed by atoms with Crippen molar-refractivity contribution in [3.8, 4) is 0 Å². The molecule has 1 heterocycles. The average Bonchev–Trinajstić information content (AvgIpc) is 3.10. The minimum absolute atomic E-state index is 0.376. The third kappa shape index (κ3) is 3.44. The number of fused-ring (bicyclic) bond motifs is 7. The fourth-order valence-corrected chi connectivity index (χ4v) is 9.12. The maximum Gasteiger partial charge on any atom is 0.0479 e. The summed E-state index contributed by atoms with van der Waals surface area (Å²) in [5, 5.41) is 0. The highest BCUT2D eigenvalue weighted by molar-refractivity contribution is 5.74. The van der Waals surface area contributed by atoms with E-state index in [4.69, 9.17) is 4.98 Å². The molecule has 0 radical (unpaired) electrons. The number of rotatable bonds is 5. The first kappa shape index (κ1) is 21.7. The SMILES string of the molecule is CC(C)CCC[C@@H](C)[C@H]1CC[C@H]2[C@@H]3CC=C4c5cccnc5CC[C@]4(C)[C@H]3CC[C@]12C. The largest absolute Gasteiger partial charge is 0.261 e. The number of nitrogens with zero attached hydrogens (tertiary/aromatic N) is 1. The zero-order valence-electron chi connectivity index (χ0n) is 20.8. The van der Waals surface area contributed by atoms with E-state index in [1.807, 2.05) is 6.20 Å². The summed E-state index contributed by atoms with van der Waals surface area (Å²) in [5.41, 5.74) is 5.45. The second kappa shape index (κ2) is 8.03. The molecule has 0 amide bonds. The normalized spacial score (nSPS) is 39.9. The summed E-state index contributed by atoms with van der Waals surface area (Å²) >= 11 is 0. The molecule has 1 heteroatoms. The molecule has 0 bridgehead atoms. The molecule has 0 N–H and O–H groups in total. The molecule has 1 nitrogen and oxygen atoms in total. The zero-order chi connectivity index (χ0) is 21.8. The van der Waals surface area contributed by atoms with Gasteiger partial charge >= 0.3 is 0 Å². The van der Waals surface area contributed by atoms with E-state index in [9.17, 15) is 0 Å². The van der Waals surface area contributed by atoms with Crippen molar-refractivity contribution in [1.82, 2.24) is 4.98 Å². The molecule has 0 spiro atoms. The highest BCUT2D eigenvalue weighted by Gasteiger charge is 2.59. The molecule has 4 aliphatic carbocycles. The lowest BCUT2D eigenvalue weighted by Gasteiger charge is -2.58. The van der Waals surface area contributed by atoms with Crippen LogP contribution in [0.15, 0.2) is 24.4 Å². The predicted molar refractivity (Wildman–Crippen MR) is 132 cm³/mol. The number of hydrogen-bond acceptors (Lipinski definition) is 1. The van der Waals surface area contributed by atoms with Crippen LogP contribution < -0.4 is 0 Å². The van der Waals surface area contributed by atoms with Crippen LogP contribution in [0.3, 0.4) is 0 Å². The number of hydrogen-bond donors (Lipinski definition) is 0. The van der Waals surface area contributed by atoms with Gasteiger partial charge in [0.1, 0.15) is 0 Å². The zero-order valence-corrected chi connectivity index (χ0v) is 20.8. The van der Waals surface area contributed by atoms with Crippen LogP contribution >= 0.6 is 0 Å². The highest BCUT2D eigenvalue weighted by Crippen LogP contribution is 2.68. The lowest BCUT2D eigenvalue weighted by atomic mass is 9.47. The average molecular weight is 420 g/mol. The Morgan fingerprint density at radius 1 is 1.03 bits per heavy atom. The Hall–Kier alpha value is -1.11. The van der Waals surface area contributed by atoms with Gasteiger partial charge in [0.15, 0.2) is 0 Å². The smallest absolute Gasteiger partial charge is 0.0479 e. The monoisotopic (exact) mass is 419 g/mol. The van der Waals surface area contributed by atoms with Gasteiger partial charge in [-0.25, -0.2) is 0 Å². The molecule has 2 saturated carbocycles. The molecule has 0 unspecified atom stereocenters. The summed E-state index contributed by atoms with van der Waals surface area (Å²) in [6.45, 7) is 12.7. The van der Waals surface area contributed by atoms with Crippen molar-refractivity contribution < 1.29 is 0 Å². The van der Waals surface area contributed by atoms with Crippen LogP contribution in [-0.2, 0) is 6.42 Å². The quantitative estimate of drug-likeness (QED) is 0.467. The van der Waals surface area contributed by atoms with Gasteiger partial charge in [-0.1, -0.05) is 66.0 Å². The van der Waals surface area contributed by atoms with Crippen molar-refractivity contribution >= 4 is 5.57 Å². The van der Waals surface area contributed by atoms with Crippen molar-refractivity contribution in [2.24, 2.45) is 46.3 Å². The lowest BCUT2D eigenvalue weighted by Crippen LogP contribution is -2.50. The summed E-state index contributed by atoms with van der Waals surface area (Å²) in [6, 6.07) is 4.50. The number of pyridine rings is 1. The fraction of sp³-hybridized carbons (Fsp3) is 0.767. The van der Waals surface area contributed by atoms with Crippen molar-refractivity contribution in [3.05, 3.63) is 35.7 Å². The van der Waals surface area contributed by atoms with Crippen LogP contribution in [0.25, 0.3) is 5.57 Å². The second-order valence-electron chi connectivity index (χ2n) is 12.7. The number of aryl methyl sites for hydroxylation is 1. The van der Waals surface area contributed by atoms with Crippen molar-refractivity contribution in [1.29, 1.82) is 0 Å². The van der Waals surface area contributed by atoms with Crippen molar-refractivity contribution in [3.63, 3.8) is 0 Å². The van der Waals surface area contributed by atoms with E-state index < -0.39 is 0 Å². The first-order valence-electron chi connectivity index (χ1n) is 13.5. The minimum Gasteiger partial charge on any atom is -0.261 e. The molecule has 0 saturated heterocycles. The molecule has 1 aromatic heterocycles. The Bertz CT molecular complexity index is 837. The number of allylic oxidation sites excluding steroid dienone is 2. The van der Waals surface area contributed by atoms with Gasteiger partial charge < -0.3 is 0 Å². The van der Waals surface area contributed by atoms with E-state index in [0.717, 1.165) is 35.5 Å². The molecular formula is C30H45N. The van der Waals surface area contributed by atoms with E-state index in [1.165, 1.54) is 75.5 Å². The third-order valence-electron chi connectivity index (χ3n) is 10.7. The Labute approximate surface area is 191 Å². The maximum absolute atomic E-state index is 4.73. The van der Waals surface area contributed by atoms with Gasteiger partial charge in [0.05, 0.1) is 0 Å². The first-order chi connectivity index (χ1) is 14.8. The van der Waals surface area contributed by atoms with Crippen LogP contribution in [0.4, 0.5) is 0 Å². The van der Waals surface area contributed by atoms with Crippen LogP contribution in [0.2, 0.25) is 0 Å². The summed E-state index contributed by atoms with van der Waals surface area (Å²) < 4.78 is 0. The minimum atomic E-state index is 0.376. The molecule has 2 fully saturated rings. The fourth-order valence-electron chi connectivity index (χ4n) is 9.12. The Morgan fingerprint density at radius 2 is 1.87 bits per heavy atom. The van der Waals surface area contributed by atoms with Crippen molar-refractivity contribution in [2.45, 2.75) is 98.8 Å². The van der Waals surface area contributed by atoms with E-state index >= 15 is 0 Å². The van der Waals surface area contributed by atoms with Gasteiger partial charge in [-0.3, -0.25) is 4.98 Å². The third-order valence-corrected chi connectivity index (χ3v) is 10.7. The molecule has 4 aliphatic rings. The topological polar surface area (TPSA) is 12.9 Å². The summed E-state index contributed by atoms with van der Waals surface area (Å²) in [5.74, 6) is 5.47. The van der Waals surface area contributed by atoms with Gasteiger partial charge in [0.2, 0.25) is 0 Å². The van der Waals surface area contributed by atoms with E-state index in [-0.39, 0.29) is 0 Å². The highest BCUT2D eigenvalue weighted by atomic mass is 14.7. The van der Waals surface area contributed by atoms with Crippen molar-refractivity contribution in [2.75, 3.05) is 0 Å². The van der Waals surface area contributed by atoms with Crippen LogP contribution in [0.5, 0.6) is 0 Å². The van der Waals surface area contributed by atoms with E-state index in [0.29, 0.717) is 10.8 Å². The van der Waals surface area contributed by atoms with Gasteiger partial charge in [-0.05, 0) is 108 Å². The van der Waals surface area contributed by atoms with Crippen LogP contribution in [-0.4, -0.2) is 4.98 Å². The van der Waals surface area contributed by atoms with Gasteiger partial charge in [0, 0.05) is 11.9 Å². The Kier molecular flexibility index (Phi) is 5.63. The van der Waals surface area contributed by atoms with Gasteiger partial charge in [-0.2, -0.15) is 0 Å². The van der Waals surface area contributed by atoms with Crippen LogP contribution in [0.1, 0.15) is 104 Å². The molecule has 170 valence electrons. The predicted octanol–water partition coefficient (Wildman–Crippen LogP) is 8.34. The number of aromatic nitrogens is 1. The van der Waals surface area contributed by atoms with E-state index in [2.05, 4.69) is 52.8 Å². The molecule has 0 aliphatic heterocycles. The lowest BCUT2D eigenvalue weighted by molar-refractivity contribution is -0.0393.